The Morgan fingerprint density at radius 1 is 0.909 bits per heavy atom. The van der Waals surface area contributed by atoms with Gasteiger partial charge in [0, 0.05) is 51.3 Å². The summed E-state index contributed by atoms with van der Waals surface area (Å²) >= 11 is 0. The smallest absolute Gasteiger partial charge is 0.263 e. The molecule has 33 heavy (non-hydrogen) atoms. The van der Waals surface area contributed by atoms with E-state index in [-0.39, 0.29) is 10.8 Å². The maximum Gasteiger partial charge on any atom is 0.263 e. The fraction of sp³-hybridized carbons (Fsp3) is 0.440. The van der Waals surface area contributed by atoms with Crippen molar-refractivity contribution in [1.82, 2.24) is 14.5 Å². The van der Waals surface area contributed by atoms with Crippen LogP contribution in [-0.4, -0.2) is 62.7 Å². The molecule has 2 aliphatic rings. The van der Waals surface area contributed by atoms with E-state index in [9.17, 15) is 13.2 Å². The standard InChI is InChI=1S/C25H32N4O3S/c30-24(29-17-9-16-28(18-19-29)20-21-10-3-1-4-11-21)14-5-2-8-15-26-25-22-12-6-7-13-23(22)33(31,32)27-25/h1,3-4,6-7,10-13H,2,5,8-9,14-20H2,(H,26,27). The lowest BCUT2D eigenvalue weighted by Gasteiger charge is -2.22. The number of carbonyl (C=O) groups is 1. The van der Waals surface area contributed by atoms with Gasteiger partial charge in [-0.15, -0.1) is 0 Å². The fourth-order valence-electron chi connectivity index (χ4n) is 4.39. The molecule has 2 heterocycles. The molecule has 1 N–H and O–H groups in total. The monoisotopic (exact) mass is 468 g/mol. The van der Waals surface area contributed by atoms with Crippen LogP contribution in [0.5, 0.6) is 0 Å². The summed E-state index contributed by atoms with van der Waals surface area (Å²) in [5, 5.41) is 0. The molecule has 4 rings (SSSR count). The molecule has 0 aliphatic carbocycles. The lowest BCUT2D eigenvalue weighted by atomic mass is 10.1. The highest BCUT2D eigenvalue weighted by atomic mass is 32.2. The molecule has 176 valence electrons. The summed E-state index contributed by atoms with van der Waals surface area (Å²) in [6, 6.07) is 17.4. The average Bonchev–Trinajstić information content (AvgIpc) is 2.95. The van der Waals surface area contributed by atoms with Crippen LogP contribution < -0.4 is 4.72 Å². The molecule has 1 amide bonds. The molecule has 0 radical (unpaired) electrons. The Hall–Kier alpha value is -2.71. The second kappa shape index (κ2) is 10.9. The molecular formula is C25H32N4O3S. The van der Waals surface area contributed by atoms with Crippen molar-refractivity contribution in [3.8, 4) is 0 Å². The Bertz CT molecular complexity index is 1090. The van der Waals surface area contributed by atoms with Gasteiger partial charge in [0.25, 0.3) is 10.0 Å². The van der Waals surface area contributed by atoms with Gasteiger partial charge in [-0.2, -0.15) is 0 Å². The van der Waals surface area contributed by atoms with E-state index in [0.29, 0.717) is 24.4 Å². The number of hydrogen-bond acceptors (Lipinski definition) is 5. The quantitative estimate of drug-likeness (QED) is 0.604. The zero-order valence-electron chi connectivity index (χ0n) is 18.9. The average molecular weight is 469 g/mol. The Morgan fingerprint density at radius 2 is 1.70 bits per heavy atom. The maximum absolute atomic E-state index is 12.7. The van der Waals surface area contributed by atoms with Crippen LogP contribution in [0, 0.1) is 0 Å². The summed E-state index contributed by atoms with van der Waals surface area (Å²) in [5.41, 5.74) is 1.95. The molecule has 0 atom stereocenters. The largest absolute Gasteiger partial charge is 0.341 e. The predicted octanol–water partition coefficient (Wildman–Crippen LogP) is 3.02. The van der Waals surface area contributed by atoms with Crippen molar-refractivity contribution in [1.29, 1.82) is 0 Å². The molecule has 2 aromatic rings. The minimum atomic E-state index is -3.49. The summed E-state index contributed by atoms with van der Waals surface area (Å²) in [7, 11) is -3.49. The first kappa shape index (κ1) is 23.4. The highest BCUT2D eigenvalue weighted by Gasteiger charge is 2.29. The van der Waals surface area contributed by atoms with Crippen LogP contribution in [-0.2, 0) is 21.4 Å². The van der Waals surface area contributed by atoms with Crippen LogP contribution in [0.1, 0.15) is 43.2 Å². The third-order valence-electron chi connectivity index (χ3n) is 6.17. The van der Waals surface area contributed by atoms with Crippen LogP contribution in [0.15, 0.2) is 64.5 Å². The molecule has 0 bridgehead atoms. The Kier molecular flexibility index (Phi) is 7.77. The topological polar surface area (TPSA) is 82.1 Å². The SMILES string of the molecule is O=C(CCCCCN=C1NS(=O)(=O)c2ccccc21)N1CCCN(Cc2ccccc2)CC1. The molecule has 7 nitrogen and oxygen atoms in total. The number of hydrogen-bond donors (Lipinski definition) is 1. The van der Waals surface area contributed by atoms with Crippen molar-refractivity contribution in [2.75, 3.05) is 32.7 Å². The van der Waals surface area contributed by atoms with Gasteiger partial charge in [-0.1, -0.05) is 48.9 Å². The van der Waals surface area contributed by atoms with Crippen molar-refractivity contribution >= 4 is 21.8 Å². The van der Waals surface area contributed by atoms with Crippen LogP contribution in [0.4, 0.5) is 0 Å². The molecule has 0 aromatic heterocycles. The van der Waals surface area contributed by atoms with E-state index >= 15 is 0 Å². The Labute approximate surface area is 196 Å². The number of rotatable bonds is 8. The molecule has 0 saturated carbocycles. The number of aliphatic imine (C=N–C) groups is 1. The second-order valence-electron chi connectivity index (χ2n) is 8.64. The normalized spacial score (nSPS) is 19.2. The predicted molar refractivity (Wildman–Crippen MR) is 130 cm³/mol. The zero-order valence-corrected chi connectivity index (χ0v) is 19.8. The number of nitrogens with zero attached hydrogens (tertiary/aromatic N) is 3. The van der Waals surface area contributed by atoms with Crippen molar-refractivity contribution in [3.05, 3.63) is 65.7 Å². The van der Waals surface area contributed by atoms with Gasteiger partial charge in [-0.05, 0) is 37.0 Å². The Morgan fingerprint density at radius 3 is 2.55 bits per heavy atom. The van der Waals surface area contributed by atoms with E-state index in [1.807, 2.05) is 17.0 Å². The third-order valence-corrected chi connectivity index (χ3v) is 7.57. The van der Waals surface area contributed by atoms with Gasteiger partial charge >= 0.3 is 0 Å². The lowest BCUT2D eigenvalue weighted by Crippen LogP contribution is -2.34. The fourth-order valence-corrected chi connectivity index (χ4v) is 5.64. The summed E-state index contributed by atoms with van der Waals surface area (Å²) in [4.78, 5) is 21.8. The van der Waals surface area contributed by atoms with Crippen LogP contribution in [0.3, 0.4) is 0 Å². The van der Waals surface area contributed by atoms with E-state index in [1.54, 1.807) is 18.2 Å². The number of amides is 1. The highest BCUT2D eigenvalue weighted by Crippen LogP contribution is 2.22. The summed E-state index contributed by atoms with van der Waals surface area (Å²) < 4.78 is 26.8. The summed E-state index contributed by atoms with van der Waals surface area (Å²) in [6.45, 7) is 5.03. The van der Waals surface area contributed by atoms with Crippen molar-refractivity contribution in [2.24, 2.45) is 4.99 Å². The minimum Gasteiger partial charge on any atom is -0.341 e. The molecular weight excluding hydrogens is 436 g/mol. The van der Waals surface area contributed by atoms with Gasteiger partial charge in [-0.25, -0.2) is 8.42 Å². The third kappa shape index (κ3) is 6.21. The molecule has 2 aliphatic heterocycles. The lowest BCUT2D eigenvalue weighted by molar-refractivity contribution is -0.131. The number of carbonyl (C=O) groups excluding carboxylic acids is 1. The van der Waals surface area contributed by atoms with E-state index < -0.39 is 10.0 Å². The van der Waals surface area contributed by atoms with Crippen LogP contribution in [0.25, 0.3) is 0 Å². The van der Waals surface area contributed by atoms with E-state index in [0.717, 1.165) is 58.4 Å². The van der Waals surface area contributed by atoms with Gasteiger partial charge in [-0.3, -0.25) is 19.4 Å². The number of fused-ring (bicyclic) bond motifs is 1. The van der Waals surface area contributed by atoms with Crippen LogP contribution >= 0.6 is 0 Å². The van der Waals surface area contributed by atoms with E-state index in [1.165, 1.54) is 5.56 Å². The Balaban J connectivity index is 1.16. The minimum absolute atomic E-state index is 0.236. The van der Waals surface area contributed by atoms with Crippen LogP contribution in [0.2, 0.25) is 0 Å². The number of sulfonamides is 1. The van der Waals surface area contributed by atoms with Gasteiger partial charge in [0.15, 0.2) is 0 Å². The molecule has 0 spiro atoms. The first-order valence-electron chi connectivity index (χ1n) is 11.7. The van der Waals surface area contributed by atoms with Gasteiger partial charge in [0.2, 0.25) is 5.91 Å². The number of benzene rings is 2. The maximum atomic E-state index is 12.7. The molecule has 2 aromatic carbocycles. The highest BCUT2D eigenvalue weighted by molar-refractivity contribution is 7.90. The number of nitrogens with one attached hydrogen (secondary N) is 1. The van der Waals surface area contributed by atoms with Crippen molar-refractivity contribution in [3.63, 3.8) is 0 Å². The van der Waals surface area contributed by atoms with Crippen molar-refractivity contribution < 1.29 is 13.2 Å². The van der Waals surface area contributed by atoms with E-state index in [4.69, 9.17) is 0 Å². The first-order valence-corrected chi connectivity index (χ1v) is 13.2. The first-order chi connectivity index (χ1) is 16.0. The summed E-state index contributed by atoms with van der Waals surface area (Å²) in [6.07, 6.45) is 4.12. The molecule has 0 unspecified atom stereocenters. The summed E-state index contributed by atoms with van der Waals surface area (Å²) in [5.74, 6) is 0.659. The van der Waals surface area contributed by atoms with Gasteiger partial charge in [0.1, 0.15) is 5.84 Å². The number of amidine groups is 1. The second-order valence-corrected chi connectivity index (χ2v) is 10.3. The molecule has 8 heteroatoms. The zero-order chi connectivity index (χ0) is 23.1. The van der Waals surface area contributed by atoms with Gasteiger partial charge in [0.05, 0.1) is 4.90 Å². The van der Waals surface area contributed by atoms with E-state index in [2.05, 4.69) is 38.9 Å². The van der Waals surface area contributed by atoms with Crippen molar-refractivity contribution in [2.45, 2.75) is 43.5 Å². The van der Waals surface area contributed by atoms with Gasteiger partial charge < -0.3 is 4.90 Å². The molecule has 1 saturated heterocycles. The number of unbranched alkanes of at least 4 members (excludes halogenated alkanes) is 2. The molecule has 1 fully saturated rings.